The topological polar surface area (TPSA) is 162 Å². The summed E-state index contributed by atoms with van der Waals surface area (Å²) in [5.74, 6) is -1.33. The van der Waals surface area contributed by atoms with Gasteiger partial charge >= 0.3 is 0 Å². The minimum absolute atomic E-state index is 0.0740. The highest BCUT2D eigenvalue weighted by molar-refractivity contribution is 7.91. The van der Waals surface area contributed by atoms with Crippen LogP contribution in [0.5, 0.6) is 23.1 Å². The lowest BCUT2D eigenvalue weighted by Gasteiger charge is -2.26. The van der Waals surface area contributed by atoms with Crippen LogP contribution in [0, 0.1) is 17.8 Å². The molecule has 3 fully saturated rings. The second-order valence-corrected chi connectivity index (χ2v) is 15.1. The van der Waals surface area contributed by atoms with Gasteiger partial charge in [-0.3, -0.25) is 19.1 Å². The maximum absolute atomic E-state index is 14.1. The zero-order valence-electron chi connectivity index (χ0n) is 26.5. The predicted molar refractivity (Wildman–Crippen MR) is 169 cm³/mol. The second kappa shape index (κ2) is 12.2. The Labute approximate surface area is 273 Å². The van der Waals surface area contributed by atoms with Crippen LogP contribution in [-0.4, -0.2) is 79.9 Å². The van der Waals surface area contributed by atoms with E-state index in [2.05, 4.69) is 15.0 Å². The lowest BCUT2D eigenvalue weighted by molar-refractivity contribution is -0.140. The Hall–Kier alpha value is -4.07. The molecule has 2 aromatic rings. The fourth-order valence-electron chi connectivity index (χ4n) is 6.99. The third-order valence-corrected chi connectivity index (χ3v) is 11.7. The first-order valence-electron chi connectivity index (χ1n) is 16.4. The largest absolute Gasteiger partial charge is 0.489 e. The minimum Gasteiger partial charge on any atom is -0.489 e. The molecule has 5 aliphatic rings. The Morgan fingerprint density at radius 3 is 2.77 bits per heavy atom. The second-order valence-electron chi connectivity index (χ2n) is 13.1. The number of pyridine rings is 1. The maximum Gasteiger partial charge on any atom is 0.259 e. The predicted octanol–water partition coefficient (Wildman–Crippen LogP) is 2.82. The summed E-state index contributed by atoms with van der Waals surface area (Å²) in [7, 11) is -2.07. The number of hydrogen-bond acceptors (Lipinski definition) is 10. The number of carbonyl (C=O) groups excluding carboxylic acids is 3. The number of amides is 3. The van der Waals surface area contributed by atoms with Gasteiger partial charge < -0.3 is 29.2 Å². The normalized spacial score (nSPS) is 29.7. The van der Waals surface area contributed by atoms with Gasteiger partial charge in [-0.15, -0.1) is 0 Å². The summed E-state index contributed by atoms with van der Waals surface area (Å²) in [6, 6.07) is 5.31. The summed E-state index contributed by atoms with van der Waals surface area (Å²) in [6.07, 6.45) is 7.51. The highest BCUT2D eigenvalue weighted by Crippen LogP contribution is 2.48. The molecule has 5 atom stereocenters. The van der Waals surface area contributed by atoms with Gasteiger partial charge in [0, 0.05) is 31.0 Å². The monoisotopic (exact) mass is 668 g/mol. The Bertz CT molecular complexity index is 1740. The SMILES string of the molecule is CCOc1cc(O[C@@H]2C[C@H]3C(=O)N[C@]4(C(=O)NS(=O)(=O)C5CC5)C[C@H]4/C=C\CCCCN(C)C(=O)[C@@H]3C2)c2ccc3c(c2n1)OCO3. The van der Waals surface area contributed by atoms with E-state index in [-0.39, 0.29) is 37.9 Å². The summed E-state index contributed by atoms with van der Waals surface area (Å²) in [5, 5.41) is 3.01. The number of allylic oxidation sites excluding steroid dienone is 1. The van der Waals surface area contributed by atoms with Gasteiger partial charge in [0.2, 0.25) is 34.5 Å². The Morgan fingerprint density at radius 2 is 1.98 bits per heavy atom. The van der Waals surface area contributed by atoms with Crippen molar-refractivity contribution in [2.24, 2.45) is 17.8 Å². The minimum atomic E-state index is -3.82. The highest BCUT2D eigenvalue weighted by atomic mass is 32.2. The molecule has 13 nitrogen and oxygen atoms in total. The van der Waals surface area contributed by atoms with Gasteiger partial charge in [-0.25, -0.2) is 13.4 Å². The van der Waals surface area contributed by atoms with Gasteiger partial charge in [0.05, 0.1) is 23.7 Å². The molecule has 1 aromatic heterocycles. The third-order valence-electron chi connectivity index (χ3n) is 9.84. The summed E-state index contributed by atoms with van der Waals surface area (Å²) in [5.41, 5.74) is -0.873. The lowest BCUT2D eigenvalue weighted by Crippen LogP contribution is -2.54. The zero-order valence-corrected chi connectivity index (χ0v) is 27.3. The van der Waals surface area contributed by atoms with E-state index in [0.29, 0.717) is 60.0 Å². The molecule has 0 saturated heterocycles. The van der Waals surface area contributed by atoms with Gasteiger partial charge in [-0.2, -0.15) is 0 Å². The molecule has 2 aliphatic heterocycles. The fraction of sp³-hybridized carbons (Fsp3) is 0.576. The van der Waals surface area contributed by atoms with Crippen LogP contribution < -0.4 is 29.0 Å². The van der Waals surface area contributed by atoms with Crippen LogP contribution in [0.25, 0.3) is 10.9 Å². The third kappa shape index (κ3) is 6.07. The van der Waals surface area contributed by atoms with Crippen LogP contribution in [0.3, 0.4) is 0 Å². The smallest absolute Gasteiger partial charge is 0.259 e. The molecule has 3 amide bonds. The summed E-state index contributed by atoms with van der Waals surface area (Å²) >= 11 is 0. The van der Waals surface area contributed by atoms with Crippen LogP contribution >= 0.6 is 0 Å². The van der Waals surface area contributed by atoms with E-state index in [9.17, 15) is 22.8 Å². The van der Waals surface area contributed by atoms with E-state index >= 15 is 0 Å². The highest BCUT2D eigenvalue weighted by Gasteiger charge is 2.62. The Kier molecular flexibility index (Phi) is 8.17. The Balaban J connectivity index is 1.18. The van der Waals surface area contributed by atoms with Gasteiger partial charge in [-0.05, 0) is 70.4 Å². The van der Waals surface area contributed by atoms with Crippen molar-refractivity contribution in [3.63, 3.8) is 0 Å². The molecule has 3 heterocycles. The molecular formula is C33H40N4O9S. The molecule has 0 spiro atoms. The molecule has 14 heteroatoms. The van der Waals surface area contributed by atoms with E-state index in [4.69, 9.17) is 18.9 Å². The van der Waals surface area contributed by atoms with E-state index in [0.717, 1.165) is 19.3 Å². The van der Waals surface area contributed by atoms with Crippen LogP contribution in [0.1, 0.15) is 58.3 Å². The van der Waals surface area contributed by atoms with Gasteiger partial charge in [0.25, 0.3) is 5.91 Å². The zero-order chi connectivity index (χ0) is 32.9. The molecule has 3 saturated carbocycles. The van der Waals surface area contributed by atoms with Crippen molar-refractivity contribution in [2.75, 3.05) is 27.0 Å². The van der Waals surface area contributed by atoms with Crippen molar-refractivity contribution in [3.05, 3.63) is 30.4 Å². The summed E-state index contributed by atoms with van der Waals surface area (Å²) in [4.78, 5) is 47.8. The van der Waals surface area contributed by atoms with Crippen LogP contribution in [-0.2, 0) is 24.4 Å². The van der Waals surface area contributed by atoms with Crippen LogP contribution in [0.15, 0.2) is 30.4 Å². The number of aromatic nitrogens is 1. The van der Waals surface area contributed by atoms with E-state index in [1.54, 1.807) is 24.1 Å². The number of ether oxygens (including phenoxy) is 4. The molecule has 0 bridgehead atoms. The Morgan fingerprint density at radius 1 is 1.17 bits per heavy atom. The molecule has 3 aliphatic carbocycles. The van der Waals surface area contributed by atoms with Crippen molar-refractivity contribution in [1.82, 2.24) is 19.9 Å². The maximum atomic E-state index is 14.1. The molecule has 7 rings (SSSR count). The standard InChI is InChI=1S/C33H40N4O9S/c1-3-43-27-16-26(22-11-12-25-29(28(22)34-27)45-18-44-25)46-20-14-23-24(15-20)31(39)37(2)13-7-5-4-6-8-19-17-33(19,35-30(23)38)32(40)36-47(41,42)21-9-10-21/h6,8,11-12,16,19-21,23-24H,3-5,7,9-10,13-15,17-18H2,1-2H3,(H,35,38)(H,36,40)/b8-6-/t19-,20-,23-,24-,33-/m1/s1. The van der Waals surface area contributed by atoms with E-state index in [1.807, 2.05) is 25.1 Å². The number of hydrogen-bond donors (Lipinski definition) is 2. The first kappa shape index (κ1) is 31.5. The van der Waals surface area contributed by atoms with Gasteiger partial charge in [-0.1, -0.05) is 12.2 Å². The molecule has 1 aromatic carbocycles. The number of sulfonamides is 1. The molecule has 0 unspecified atom stereocenters. The molecule has 2 N–H and O–H groups in total. The average molecular weight is 669 g/mol. The number of fused-ring (bicyclic) bond motifs is 5. The number of rotatable bonds is 7. The lowest BCUT2D eigenvalue weighted by atomic mass is 9.93. The quantitative estimate of drug-likeness (QED) is 0.420. The average Bonchev–Trinajstić information content (AvgIpc) is 3.91. The van der Waals surface area contributed by atoms with Gasteiger partial charge in [0.15, 0.2) is 11.5 Å². The summed E-state index contributed by atoms with van der Waals surface area (Å²) < 4.78 is 51.1. The first-order valence-corrected chi connectivity index (χ1v) is 18.0. The molecular weight excluding hydrogens is 628 g/mol. The van der Waals surface area contributed by atoms with Crippen molar-refractivity contribution < 1.29 is 41.7 Å². The van der Waals surface area contributed by atoms with Crippen molar-refractivity contribution in [2.45, 2.75) is 75.2 Å². The van der Waals surface area contributed by atoms with E-state index < -0.39 is 50.6 Å². The van der Waals surface area contributed by atoms with Crippen molar-refractivity contribution in [1.29, 1.82) is 0 Å². The van der Waals surface area contributed by atoms with E-state index in [1.165, 1.54) is 0 Å². The number of benzene rings is 1. The first-order chi connectivity index (χ1) is 22.6. The number of carbonyl (C=O) groups is 3. The van der Waals surface area contributed by atoms with Gasteiger partial charge in [0.1, 0.15) is 22.9 Å². The van der Waals surface area contributed by atoms with Crippen molar-refractivity contribution in [3.8, 4) is 23.1 Å². The molecule has 0 radical (unpaired) electrons. The summed E-state index contributed by atoms with van der Waals surface area (Å²) in [6.45, 7) is 2.86. The number of nitrogens with one attached hydrogen (secondary N) is 2. The molecule has 252 valence electrons. The number of nitrogens with zero attached hydrogens (tertiary/aromatic N) is 2. The molecule has 47 heavy (non-hydrogen) atoms. The van der Waals surface area contributed by atoms with Crippen LogP contribution in [0.4, 0.5) is 0 Å². The fourth-order valence-corrected chi connectivity index (χ4v) is 8.35. The van der Waals surface area contributed by atoms with Crippen LogP contribution in [0.2, 0.25) is 0 Å². The van der Waals surface area contributed by atoms with Crippen molar-refractivity contribution >= 4 is 38.6 Å².